The number of para-hydroxylation sites is 1. The van der Waals surface area contributed by atoms with E-state index in [4.69, 9.17) is 4.74 Å². The van der Waals surface area contributed by atoms with Crippen LogP contribution < -0.4 is 10.6 Å². The van der Waals surface area contributed by atoms with Gasteiger partial charge in [0.25, 0.3) is 0 Å². The molecule has 1 aromatic carbocycles. The van der Waals surface area contributed by atoms with Gasteiger partial charge >= 0.3 is 0 Å². The van der Waals surface area contributed by atoms with Crippen LogP contribution in [0.25, 0.3) is 0 Å². The molecule has 0 saturated carbocycles. The molecule has 1 heterocycles. The second-order valence-electron chi connectivity index (χ2n) is 5.07. The molecular formula is C15H22N2O2. The van der Waals surface area contributed by atoms with Crippen molar-refractivity contribution in [3.63, 3.8) is 0 Å². The molecule has 4 heteroatoms. The van der Waals surface area contributed by atoms with Crippen LogP contribution in [0.4, 0.5) is 5.69 Å². The van der Waals surface area contributed by atoms with Crippen molar-refractivity contribution in [2.45, 2.75) is 19.8 Å². The molecule has 1 saturated heterocycles. The van der Waals surface area contributed by atoms with Crippen LogP contribution in [0.3, 0.4) is 0 Å². The monoisotopic (exact) mass is 262 g/mol. The number of carbonyl (C=O) groups excluding carboxylic acids is 1. The van der Waals surface area contributed by atoms with Gasteiger partial charge < -0.3 is 15.4 Å². The molecule has 4 nitrogen and oxygen atoms in total. The van der Waals surface area contributed by atoms with Crippen LogP contribution >= 0.6 is 0 Å². The summed E-state index contributed by atoms with van der Waals surface area (Å²) in [6.45, 7) is 4.92. The highest BCUT2D eigenvalue weighted by Crippen LogP contribution is 2.13. The summed E-state index contributed by atoms with van der Waals surface area (Å²) in [6, 6.07) is 7.75. The molecule has 2 N–H and O–H groups in total. The van der Waals surface area contributed by atoms with E-state index in [-0.39, 0.29) is 12.5 Å². The second kappa shape index (κ2) is 7.26. The number of piperidine rings is 1. The predicted octanol–water partition coefficient (Wildman–Crippen LogP) is 1.95. The van der Waals surface area contributed by atoms with Crippen LogP contribution in [0, 0.1) is 12.8 Å². The second-order valence-corrected chi connectivity index (χ2v) is 5.07. The predicted molar refractivity (Wildman–Crippen MR) is 76.2 cm³/mol. The van der Waals surface area contributed by atoms with E-state index in [1.165, 1.54) is 0 Å². The molecular weight excluding hydrogens is 240 g/mol. The van der Waals surface area contributed by atoms with Crippen molar-refractivity contribution < 1.29 is 9.53 Å². The number of rotatable bonds is 5. The number of aryl methyl sites for hydroxylation is 1. The fourth-order valence-electron chi connectivity index (χ4n) is 2.27. The fraction of sp³-hybridized carbons (Fsp3) is 0.533. The Balaban J connectivity index is 1.68. The van der Waals surface area contributed by atoms with Gasteiger partial charge in [-0.2, -0.15) is 0 Å². The van der Waals surface area contributed by atoms with Crippen LogP contribution in [-0.4, -0.2) is 32.2 Å². The lowest BCUT2D eigenvalue weighted by atomic mass is 9.99. The van der Waals surface area contributed by atoms with Crippen molar-refractivity contribution in [2.24, 2.45) is 5.92 Å². The Morgan fingerprint density at radius 1 is 1.37 bits per heavy atom. The van der Waals surface area contributed by atoms with Gasteiger partial charge in [-0.25, -0.2) is 0 Å². The molecule has 1 aliphatic heterocycles. The van der Waals surface area contributed by atoms with Crippen molar-refractivity contribution in [1.82, 2.24) is 5.32 Å². The highest BCUT2D eigenvalue weighted by atomic mass is 16.5. The molecule has 1 amide bonds. The van der Waals surface area contributed by atoms with Crippen molar-refractivity contribution in [3.05, 3.63) is 29.8 Å². The quantitative estimate of drug-likeness (QED) is 0.852. The first-order valence-corrected chi connectivity index (χ1v) is 6.89. The highest BCUT2D eigenvalue weighted by Gasteiger charge is 2.13. The van der Waals surface area contributed by atoms with Gasteiger partial charge in [-0.05, 0) is 50.4 Å². The number of carbonyl (C=O) groups is 1. The van der Waals surface area contributed by atoms with Gasteiger partial charge in [-0.3, -0.25) is 4.79 Å². The minimum atomic E-state index is -0.0803. The Labute approximate surface area is 114 Å². The minimum absolute atomic E-state index is 0.0803. The number of anilines is 1. The van der Waals surface area contributed by atoms with E-state index in [1.54, 1.807) is 0 Å². The molecule has 0 aliphatic carbocycles. The van der Waals surface area contributed by atoms with Crippen LogP contribution in [0.1, 0.15) is 18.4 Å². The third-order valence-electron chi connectivity index (χ3n) is 3.46. The summed E-state index contributed by atoms with van der Waals surface area (Å²) < 4.78 is 5.51. The number of benzene rings is 1. The van der Waals surface area contributed by atoms with Gasteiger partial charge in [-0.1, -0.05) is 18.2 Å². The number of ether oxygens (including phenoxy) is 1. The molecule has 1 aromatic rings. The molecule has 104 valence electrons. The summed E-state index contributed by atoms with van der Waals surface area (Å²) in [5, 5.41) is 6.19. The first-order valence-electron chi connectivity index (χ1n) is 6.89. The van der Waals surface area contributed by atoms with E-state index >= 15 is 0 Å². The summed E-state index contributed by atoms with van der Waals surface area (Å²) in [4.78, 5) is 11.8. The summed E-state index contributed by atoms with van der Waals surface area (Å²) in [5.41, 5.74) is 1.92. The Morgan fingerprint density at radius 2 is 2.11 bits per heavy atom. The average molecular weight is 262 g/mol. The largest absolute Gasteiger partial charge is 0.371 e. The fourth-order valence-corrected chi connectivity index (χ4v) is 2.27. The Bertz CT molecular complexity index is 414. The molecule has 0 unspecified atom stereocenters. The van der Waals surface area contributed by atoms with Gasteiger partial charge in [0, 0.05) is 5.69 Å². The highest BCUT2D eigenvalue weighted by molar-refractivity contribution is 5.92. The lowest BCUT2D eigenvalue weighted by Crippen LogP contribution is -2.30. The Kier molecular flexibility index (Phi) is 5.36. The minimum Gasteiger partial charge on any atom is -0.371 e. The molecule has 1 fully saturated rings. The maximum absolute atomic E-state index is 11.8. The lowest BCUT2D eigenvalue weighted by Gasteiger charge is -2.22. The van der Waals surface area contributed by atoms with Gasteiger partial charge in [0.15, 0.2) is 0 Å². The maximum atomic E-state index is 11.8. The first-order chi connectivity index (χ1) is 9.25. The van der Waals surface area contributed by atoms with E-state index in [1.807, 2.05) is 31.2 Å². The number of nitrogens with one attached hydrogen (secondary N) is 2. The molecule has 0 atom stereocenters. The lowest BCUT2D eigenvalue weighted by molar-refractivity contribution is -0.121. The van der Waals surface area contributed by atoms with Gasteiger partial charge in [0.05, 0.1) is 6.61 Å². The SMILES string of the molecule is Cc1ccccc1NC(=O)COCC1CCNCC1. The third-order valence-corrected chi connectivity index (χ3v) is 3.46. The maximum Gasteiger partial charge on any atom is 0.250 e. The molecule has 0 spiro atoms. The zero-order chi connectivity index (χ0) is 13.5. The number of hydrogen-bond donors (Lipinski definition) is 2. The van der Waals surface area contributed by atoms with Crippen LogP contribution in [0.5, 0.6) is 0 Å². The smallest absolute Gasteiger partial charge is 0.250 e. The first kappa shape index (κ1) is 14.0. The zero-order valence-electron chi connectivity index (χ0n) is 11.4. The molecule has 2 rings (SSSR count). The van der Waals surface area contributed by atoms with Crippen molar-refractivity contribution in [3.8, 4) is 0 Å². The topological polar surface area (TPSA) is 50.4 Å². The summed E-state index contributed by atoms with van der Waals surface area (Å²) in [6.07, 6.45) is 2.28. The zero-order valence-corrected chi connectivity index (χ0v) is 11.4. The van der Waals surface area contributed by atoms with Gasteiger partial charge in [0.1, 0.15) is 6.61 Å². The normalized spacial score (nSPS) is 16.3. The van der Waals surface area contributed by atoms with E-state index in [0.717, 1.165) is 37.2 Å². The number of hydrogen-bond acceptors (Lipinski definition) is 3. The Hall–Kier alpha value is -1.39. The van der Waals surface area contributed by atoms with E-state index in [9.17, 15) is 4.79 Å². The van der Waals surface area contributed by atoms with E-state index < -0.39 is 0 Å². The molecule has 1 aliphatic rings. The van der Waals surface area contributed by atoms with Crippen LogP contribution in [-0.2, 0) is 9.53 Å². The van der Waals surface area contributed by atoms with E-state index in [0.29, 0.717) is 12.5 Å². The van der Waals surface area contributed by atoms with Crippen LogP contribution in [0.15, 0.2) is 24.3 Å². The molecule has 0 radical (unpaired) electrons. The summed E-state index contributed by atoms with van der Waals surface area (Å²) in [7, 11) is 0. The van der Waals surface area contributed by atoms with E-state index in [2.05, 4.69) is 10.6 Å². The van der Waals surface area contributed by atoms with Crippen LogP contribution in [0.2, 0.25) is 0 Å². The molecule has 0 bridgehead atoms. The summed E-state index contributed by atoms with van der Waals surface area (Å²) in [5.74, 6) is 0.510. The van der Waals surface area contributed by atoms with Crippen molar-refractivity contribution in [2.75, 3.05) is 31.6 Å². The van der Waals surface area contributed by atoms with Gasteiger partial charge in [-0.15, -0.1) is 0 Å². The van der Waals surface area contributed by atoms with Crippen molar-refractivity contribution in [1.29, 1.82) is 0 Å². The third kappa shape index (κ3) is 4.65. The summed E-state index contributed by atoms with van der Waals surface area (Å²) >= 11 is 0. The Morgan fingerprint density at radius 3 is 2.84 bits per heavy atom. The molecule has 19 heavy (non-hydrogen) atoms. The van der Waals surface area contributed by atoms with Crippen molar-refractivity contribution >= 4 is 11.6 Å². The standard InChI is InChI=1S/C15H22N2O2/c1-12-4-2-3-5-14(12)17-15(18)11-19-10-13-6-8-16-9-7-13/h2-5,13,16H,6-11H2,1H3,(H,17,18). The molecule has 0 aromatic heterocycles. The van der Waals surface area contributed by atoms with Gasteiger partial charge in [0.2, 0.25) is 5.91 Å². The average Bonchev–Trinajstić information content (AvgIpc) is 2.43. The number of amides is 1.